The van der Waals surface area contributed by atoms with E-state index in [4.69, 9.17) is 16.3 Å². The summed E-state index contributed by atoms with van der Waals surface area (Å²) in [4.78, 5) is 14.0. The number of methoxy groups -OCH3 is 1. The van der Waals surface area contributed by atoms with Gasteiger partial charge in [0, 0.05) is 30.8 Å². The molecular weight excluding hydrogens is 312 g/mol. The minimum Gasteiger partial charge on any atom is -0.497 e. The zero-order valence-corrected chi connectivity index (χ0v) is 14.1. The number of amides is 1. The first kappa shape index (κ1) is 17.2. The molecule has 0 fully saturated rings. The van der Waals surface area contributed by atoms with Crippen molar-refractivity contribution < 1.29 is 9.53 Å². The van der Waals surface area contributed by atoms with Crippen LogP contribution in [-0.2, 0) is 11.2 Å². The number of rotatable bonds is 7. The number of hydrogen-bond donors (Lipinski definition) is 1. The molecule has 0 saturated heterocycles. The fraction of sp³-hybridized carbons (Fsp3) is 0.278. The molecule has 0 aliphatic rings. The summed E-state index contributed by atoms with van der Waals surface area (Å²) < 4.78 is 5.10. The van der Waals surface area contributed by atoms with E-state index in [9.17, 15) is 4.79 Å². The van der Waals surface area contributed by atoms with Gasteiger partial charge in [-0.2, -0.15) is 0 Å². The van der Waals surface area contributed by atoms with Crippen LogP contribution >= 0.6 is 11.6 Å². The molecule has 4 nitrogen and oxygen atoms in total. The summed E-state index contributed by atoms with van der Waals surface area (Å²) in [7, 11) is 3.61. The monoisotopic (exact) mass is 332 g/mol. The summed E-state index contributed by atoms with van der Waals surface area (Å²) in [6.07, 6.45) is 0.370. The molecule has 0 saturated carbocycles. The molecule has 0 unspecified atom stereocenters. The van der Waals surface area contributed by atoms with E-state index in [-0.39, 0.29) is 5.91 Å². The second-order valence-electron chi connectivity index (χ2n) is 5.27. The van der Waals surface area contributed by atoms with Crippen LogP contribution < -0.4 is 15.0 Å². The van der Waals surface area contributed by atoms with Gasteiger partial charge in [-0.05, 0) is 42.0 Å². The predicted octanol–water partition coefficient (Wildman–Crippen LogP) is 3.14. The molecule has 0 spiro atoms. The van der Waals surface area contributed by atoms with Crippen molar-refractivity contribution in [1.29, 1.82) is 0 Å². The third-order valence-corrected chi connectivity index (χ3v) is 3.81. The Morgan fingerprint density at radius 2 is 1.78 bits per heavy atom. The largest absolute Gasteiger partial charge is 0.497 e. The van der Waals surface area contributed by atoms with Gasteiger partial charge in [-0.25, -0.2) is 0 Å². The van der Waals surface area contributed by atoms with Crippen LogP contribution in [0, 0.1) is 0 Å². The third-order valence-electron chi connectivity index (χ3n) is 3.56. The summed E-state index contributed by atoms with van der Waals surface area (Å²) in [5.41, 5.74) is 2.04. The molecule has 5 heteroatoms. The van der Waals surface area contributed by atoms with E-state index in [1.165, 1.54) is 0 Å². The van der Waals surface area contributed by atoms with E-state index in [1.807, 2.05) is 55.6 Å². The molecule has 0 aliphatic carbocycles. The van der Waals surface area contributed by atoms with Crippen molar-refractivity contribution in [1.82, 2.24) is 5.32 Å². The molecule has 2 aromatic carbocycles. The predicted molar refractivity (Wildman–Crippen MR) is 94.4 cm³/mol. The van der Waals surface area contributed by atoms with Crippen molar-refractivity contribution in [2.24, 2.45) is 0 Å². The molecule has 0 heterocycles. The lowest BCUT2D eigenvalue weighted by molar-refractivity contribution is -0.120. The number of benzene rings is 2. The number of carbonyl (C=O) groups is 1. The minimum absolute atomic E-state index is 0.0136. The van der Waals surface area contributed by atoms with Gasteiger partial charge in [0.05, 0.1) is 13.5 Å². The topological polar surface area (TPSA) is 41.6 Å². The van der Waals surface area contributed by atoms with Crippen LogP contribution in [0.1, 0.15) is 5.56 Å². The lowest BCUT2D eigenvalue weighted by Crippen LogP contribution is -2.33. The van der Waals surface area contributed by atoms with Gasteiger partial charge in [-0.3, -0.25) is 4.79 Å². The number of anilines is 1. The molecule has 0 atom stereocenters. The van der Waals surface area contributed by atoms with Crippen molar-refractivity contribution in [3.05, 3.63) is 59.1 Å². The second-order valence-corrected chi connectivity index (χ2v) is 5.71. The van der Waals surface area contributed by atoms with Crippen molar-refractivity contribution in [3.63, 3.8) is 0 Å². The van der Waals surface area contributed by atoms with Crippen molar-refractivity contribution in [3.8, 4) is 5.75 Å². The van der Waals surface area contributed by atoms with Gasteiger partial charge < -0.3 is 15.0 Å². The maximum absolute atomic E-state index is 12.0. The zero-order chi connectivity index (χ0) is 16.7. The minimum atomic E-state index is 0.0136. The number of carbonyl (C=O) groups excluding carboxylic acids is 1. The van der Waals surface area contributed by atoms with E-state index in [1.54, 1.807) is 7.11 Å². The first-order valence-corrected chi connectivity index (χ1v) is 7.82. The lowest BCUT2D eigenvalue weighted by Gasteiger charge is -2.19. The quantitative estimate of drug-likeness (QED) is 0.847. The molecule has 1 amide bonds. The van der Waals surface area contributed by atoms with Crippen LogP contribution in [-0.4, -0.2) is 33.2 Å². The van der Waals surface area contributed by atoms with E-state index in [0.29, 0.717) is 13.0 Å². The molecule has 1 N–H and O–H groups in total. The first-order valence-electron chi connectivity index (χ1n) is 7.45. The maximum atomic E-state index is 12.0. The first-order chi connectivity index (χ1) is 11.1. The van der Waals surface area contributed by atoms with E-state index in [0.717, 1.165) is 28.6 Å². The smallest absolute Gasteiger partial charge is 0.224 e. The summed E-state index contributed by atoms with van der Waals surface area (Å²) in [6, 6.07) is 15.2. The molecule has 23 heavy (non-hydrogen) atoms. The van der Waals surface area contributed by atoms with Crippen molar-refractivity contribution >= 4 is 23.2 Å². The fourth-order valence-corrected chi connectivity index (χ4v) is 2.30. The standard InChI is InChI=1S/C18H21ClN2O2/c1-21(16-7-5-15(19)6-8-16)12-11-20-18(22)13-14-3-9-17(23-2)10-4-14/h3-10H,11-13H2,1-2H3,(H,20,22). The number of ether oxygens (including phenoxy) is 1. The zero-order valence-electron chi connectivity index (χ0n) is 13.4. The highest BCUT2D eigenvalue weighted by Crippen LogP contribution is 2.16. The Bertz CT molecular complexity index is 626. The SMILES string of the molecule is COc1ccc(CC(=O)NCCN(C)c2ccc(Cl)cc2)cc1. The summed E-state index contributed by atoms with van der Waals surface area (Å²) in [6.45, 7) is 1.32. The fourth-order valence-electron chi connectivity index (χ4n) is 2.18. The van der Waals surface area contributed by atoms with E-state index >= 15 is 0 Å². The Labute approximate surface area is 142 Å². The molecule has 0 aromatic heterocycles. The molecule has 0 radical (unpaired) electrons. The Morgan fingerprint density at radius 1 is 1.13 bits per heavy atom. The van der Waals surface area contributed by atoms with E-state index < -0.39 is 0 Å². The molecular formula is C18H21ClN2O2. The van der Waals surface area contributed by atoms with Crippen LogP contribution in [0.5, 0.6) is 5.75 Å². The molecule has 0 aliphatic heterocycles. The number of hydrogen-bond acceptors (Lipinski definition) is 3. The Kier molecular flexibility index (Phi) is 6.29. The average Bonchev–Trinajstić information content (AvgIpc) is 2.56. The van der Waals surface area contributed by atoms with Crippen LogP contribution in [0.25, 0.3) is 0 Å². The van der Waals surface area contributed by atoms with Gasteiger partial charge in [-0.1, -0.05) is 23.7 Å². The van der Waals surface area contributed by atoms with Gasteiger partial charge in [0.2, 0.25) is 5.91 Å². The molecule has 2 aromatic rings. The summed E-state index contributed by atoms with van der Waals surface area (Å²) >= 11 is 5.87. The molecule has 2 rings (SSSR count). The number of nitrogens with zero attached hydrogens (tertiary/aromatic N) is 1. The Balaban J connectivity index is 1.74. The number of nitrogens with one attached hydrogen (secondary N) is 1. The Morgan fingerprint density at radius 3 is 2.39 bits per heavy atom. The average molecular weight is 333 g/mol. The van der Waals surface area contributed by atoms with E-state index in [2.05, 4.69) is 10.2 Å². The van der Waals surface area contributed by atoms with Crippen molar-refractivity contribution in [2.75, 3.05) is 32.1 Å². The van der Waals surface area contributed by atoms with Gasteiger partial charge >= 0.3 is 0 Å². The van der Waals surface area contributed by atoms with Gasteiger partial charge in [0.15, 0.2) is 0 Å². The molecule has 122 valence electrons. The van der Waals surface area contributed by atoms with Crippen LogP contribution in [0.2, 0.25) is 5.02 Å². The second kappa shape index (κ2) is 8.44. The number of halogens is 1. The Hall–Kier alpha value is -2.20. The number of likely N-dealkylation sites (N-methyl/N-ethyl adjacent to an activating group) is 1. The van der Waals surface area contributed by atoms with Gasteiger partial charge in [0.25, 0.3) is 0 Å². The normalized spacial score (nSPS) is 10.2. The van der Waals surface area contributed by atoms with Gasteiger partial charge in [-0.15, -0.1) is 0 Å². The molecule has 0 bridgehead atoms. The summed E-state index contributed by atoms with van der Waals surface area (Å²) in [5, 5.41) is 3.65. The van der Waals surface area contributed by atoms with Crippen LogP contribution in [0.4, 0.5) is 5.69 Å². The lowest BCUT2D eigenvalue weighted by atomic mass is 10.1. The van der Waals surface area contributed by atoms with Crippen molar-refractivity contribution in [2.45, 2.75) is 6.42 Å². The third kappa shape index (κ3) is 5.49. The highest BCUT2D eigenvalue weighted by molar-refractivity contribution is 6.30. The highest BCUT2D eigenvalue weighted by atomic mass is 35.5. The van der Waals surface area contributed by atoms with Crippen LogP contribution in [0.15, 0.2) is 48.5 Å². The maximum Gasteiger partial charge on any atom is 0.224 e. The summed E-state index contributed by atoms with van der Waals surface area (Å²) in [5.74, 6) is 0.804. The van der Waals surface area contributed by atoms with Gasteiger partial charge in [0.1, 0.15) is 5.75 Å². The highest BCUT2D eigenvalue weighted by Gasteiger charge is 2.05. The van der Waals surface area contributed by atoms with Crippen LogP contribution in [0.3, 0.4) is 0 Å².